The number of likely N-dealkylation sites (tertiary alicyclic amines) is 1. The van der Waals surface area contributed by atoms with Gasteiger partial charge in [-0.3, -0.25) is 19.2 Å². The van der Waals surface area contributed by atoms with Gasteiger partial charge in [0.15, 0.2) is 5.58 Å². The summed E-state index contributed by atoms with van der Waals surface area (Å²) in [5, 5.41) is 5.66. The molecule has 1 aromatic heterocycles. The monoisotopic (exact) mass is 618 g/mol. The number of carbonyl (C=O) groups is 5. The van der Waals surface area contributed by atoms with Crippen LogP contribution in [0.25, 0.3) is 11.1 Å². The first-order valence-corrected chi connectivity index (χ1v) is 15.3. The summed E-state index contributed by atoms with van der Waals surface area (Å²) in [6.07, 6.45) is 1.02. The van der Waals surface area contributed by atoms with Crippen molar-refractivity contribution in [3.8, 4) is 0 Å². The number of hydrogen-bond donors (Lipinski definition) is 2. The van der Waals surface area contributed by atoms with Crippen molar-refractivity contribution in [2.75, 3.05) is 6.54 Å². The number of hydrogen-bond acceptors (Lipinski definition) is 8. The van der Waals surface area contributed by atoms with Gasteiger partial charge in [0.05, 0.1) is 11.6 Å². The van der Waals surface area contributed by atoms with Crippen molar-refractivity contribution < 1.29 is 33.1 Å². The van der Waals surface area contributed by atoms with E-state index in [1.54, 1.807) is 45.0 Å². The Morgan fingerprint density at radius 2 is 1.51 bits per heavy atom. The summed E-state index contributed by atoms with van der Waals surface area (Å²) < 4.78 is 11.0. The summed E-state index contributed by atoms with van der Waals surface area (Å²) in [4.78, 5) is 72.0. The van der Waals surface area contributed by atoms with E-state index in [9.17, 15) is 24.0 Å². The highest BCUT2D eigenvalue weighted by Gasteiger charge is 2.40. The summed E-state index contributed by atoms with van der Waals surface area (Å²) in [6.45, 7) is 12.9. The van der Waals surface area contributed by atoms with Crippen LogP contribution < -0.4 is 10.6 Å². The highest BCUT2D eigenvalue weighted by atomic mass is 16.6. The molecular formula is C34H42N4O7. The number of oxazole rings is 1. The number of nitrogens with zero attached hydrogens (tertiary/aromatic N) is 2. The molecule has 0 saturated carbocycles. The minimum atomic E-state index is -0.910. The van der Waals surface area contributed by atoms with Crippen LogP contribution in [-0.4, -0.2) is 69.6 Å². The predicted octanol–water partition coefficient (Wildman–Crippen LogP) is 4.55. The van der Waals surface area contributed by atoms with E-state index in [1.165, 1.54) is 29.2 Å². The lowest BCUT2D eigenvalue weighted by atomic mass is 9.98. The highest BCUT2D eigenvalue weighted by molar-refractivity contribution is 6.02. The summed E-state index contributed by atoms with van der Waals surface area (Å²) >= 11 is 0. The van der Waals surface area contributed by atoms with Crippen molar-refractivity contribution in [2.24, 2.45) is 11.8 Å². The van der Waals surface area contributed by atoms with E-state index < -0.39 is 47.3 Å². The molecule has 4 rings (SSSR count). The quantitative estimate of drug-likeness (QED) is 0.248. The molecule has 0 radical (unpaired) electrons. The van der Waals surface area contributed by atoms with Gasteiger partial charge in [0, 0.05) is 12.1 Å². The Morgan fingerprint density at radius 3 is 2.11 bits per heavy atom. The van der Waals surface area contributed by atoms with Gasteiger partial charge in [0.25, 0.3) is 11.8 Å². The van der Waals surface area contributed by atoms with Crippen molar-refractivity contribution in [3.63, 3.8) is 0 Å². The van der Waals surface area contributed by atoms with Gasteiger partial charge in [-0.15, -0.1) is 0 Å². The number of esters is 1. The van der Waals surface area contributed by atoms with Crippen LogP contribution in [0.1, 0.15) is 92.7 Å². The topological polar surface area (TPSA) is 148 Å². The second-order valence-corrected chi connectivity index (χ2v) is 13.0. The van der Waals surface area contributed by atoms with Gasteiger partial charge >= 0.3 is 5.97 Å². The zero-order chi connectivity index (χ0) is 33.1. The van der Waals surface area contributed by atoms with Crippen molar-refractivity contribution >= 4 is 40.6 Å². The second kappa shape index (κ2) is 13.6. The number of nitrogens with one attached hydrogen (secondary N) is 2. The minimum absolute atomic E-state index is 0.0868. The number of Topliss-reactive ketones (excluding diaryl/α,β-unsaturated/α-hetero) is 1. The third-order valence-electron chi connectivity index (χ3n) is 7.59. The molecular weight excluding hydrogens is 576 g/mol. The molecule has 0 spiro atoms. The van der Waals surface area contributed by atoms with E-state index in [1.807, 2.05) is 27.7 Å². The molecule has 0 unspecified atom stereocenters. The molecule has 11 heteroatoms. The summed E-state index contributed by atoms with van der Waals surface area (Å²) in [5.41, 5.74) is 0.942. The summed E-state index contributed by atoms with van der Waals surface area (Å²) in [6, 6.07) is 10.4. The molecule has 3 amide bonds. The number of carbonyl (C=O) groups excluding carboxylic acids is 5. The van der Waals surface area contributed by atoms with E-state index in [2.05, 4.69) is 15.6 Å². The van der Waals surface area contributed by atoms with Crippen LogP contribution in [0.2, 0.25) is 0 Å². The first kappa shape index (κ1) is 33.4. The van der Waals surface area contributed by atoms with Crippen LogP contribution in [0.4, 0.5) is 0 Å². The largest absolute Gasteiger partial charge is 0.456 e. The van der Waals surface area contributed by atoms with E-state index in [0.29, 0.717) is 36.0 Å². The average molecular weight is 619 g/mol. The molecule has 1 aliphatic heterocycles. The smallest absolute Gasteiger partial charge is 0.338 e. The number of rotatable bonds is 10. The molecule has 2 N–H and O–H groups in total. The third-order valence-corrected chi connectivity index (χ3v) is 7.59. The summed E-state index contributed by atoms with van der Waals surface area (Å²) in [5.74, 6) is -2.91. The van der Waals surface area contributed by atoms with E-state index in [-0.39, 0.29) is 29.2 Å². The van der Waals surface area contributed by atoms with E-state index in [4.69, 9.17) is 9.15 Å². The molecule has 2 heterocycles. The zero-order valence-corrected chi connectivity index (χ0v) is 26.9. The molecule has 3 atom stereocenters. The fraction of sp³-hybridized carbons (Fsp3) is 0.471. The molecule has 1 aliphatic rings. The van der Waals surface area contributed by atoms with Gasteiger partial charge in [-0.1, -0.05) is 39.8 Å². The van der Waals surface area contributed by atoms with Gasteiger partial charge in [-0.2, -0.15) is 0 Å². The first-order valence-electron chi connectivity index (χ1n) is 15.3. The van der Waals surface area contributed by atoms with E-state index in [0.717, 1.165) is 0 Å². The van der Waals surface area contributed by atoms with Gasteiger partial charge in [0.2, 0.25) is 17.6 Å². The molecule has 3 aromatic rings. The Bertz CT molecular complexity index is 1540. The van der Waals surface area contributed by atoms with E-state index >= 15 is 0 Å². The fourth-order valence-corrected chi connectivity index (χ4v) is 5.21. The van der Waals surface area contributed by atoms with Crippen LogP contribution in [0, 0.1) is 11.8 Å². The van der Waals surface area contributed by atoms with Crippen LogP contribution in [0.3, 0.4) is 0 Å². The van der Waals surface area contributed by atoms with Crippen LogP contribution >= 0.6 is 0 Å². The summed E-state index contributed by atoms with van der Waals surface area (Å²) in [7, 11) is 0. The normalized spacial score (nSPS) is 16.5. The molecule has 45 heavy (non-hydrogen) atoms. The standard InChI is InChI=1S/C34H42N4O7/c1-19(2)26(28(39)31-35-23-11-8-9-13-25(23)44-31)36-30(41)24-12-10-18-38(24)32(42)27(20(3)4)37-29(40)21-14-16-22(17-15-21)33(43)45-34(5,6)7/h8-9,11,13-17,19-20,24,26-27H,10,12,18H2,1-7H3,(H,36,41)(H,37,40)/t24-,26-,27-/m0/s1. The molecule has 1 fully saturated rings. The number of para-hydroxylation sites is 2. The lowest BCUT2D eigenvalue weighted by Crippen LogP contribution is -2.57. The molecule has 11 nitrogen and oxygen atoms in total. The number of fused-ring (bicyclic) bond motifs is 1. The van der Waals surface area contributed by atoms with Crippen molar-refractivity contribution in [2.45, 2.75) is 85.0 Å². The maximum Gasteiger partial charge on any atom is 0.338 e. The fourth-order valence-electron chi connectivity index (χ4n) is 5.21. The molecule has 0 bridgehead atoms. The SMILES string of the molecule is CC(C)[C@H](NC(=O)[C@@H]1CCCN1C(=O)[C@@H](NC(=O)c1ccc(C(=O)OC(C)(C)C)cc1)C(C)C)C(=O)c1nc2ccccc2o1. The Hall–Kier alpha value is -4.54. The third kappa shape index (κ3) is 7.95. The minimum Gasteiger partial charge on any atom is -0.456 e. The van der Waals surface area contributed by atoms with Crippen molar-refractivity contribution in [3.05, 3.63) is 65.5 Å². The van der Waals surface area contributed by atoms with Crippen molar-refractivity contribution in [1.29, 1.82) is 0 Å². The Morgan fingerprint density at radius 1 is 0.889 bits per heavy atom. The Balaban J connectivity index is 1.44. The number of benzene rings is 2. The Labute approximate surface area is 263 Å². The van der Waals surface area contributed by atoms with Crippen LogP contribution in [-0.2, 0) is 14.3 Å². The highest BCUT2D eigenvalue weighted by Crippen LogP contribution is 2.23. The second-order valence-electron chi connectivity index (χ2n) is 13.0. The predicted molar refractivity (Wildman–Crippen MR) is 168 cm³/mol. The first-order chi connectivity index (χ1) is 21.2. The molecule has 0 aliphatic carbocycles. The lowest BCUT2D eigenvalue weighted by Gasteiger charge is -2.31. The molecule has 240 valence electrons. The maximum absolute atomic E-state index is 13.8. The molecule has 1 saturated heterocycles. The van der Waals surface area contributed by atoms with Gasteiger partial charge in [-0.25, -0.2) is 9.78 Å². The maximum atomic E-state index is 13.8. The average Bonchev–Trinajstić information content (AvgIpc) is 3.64. The number of aromatic nitrogens is 1. The van der Waals surface area contributed by atoms with Gasteiger partial charge in [-0.05, 0) is 81.8 Å². The van der Waals surface area contributed by atoms with Gasteiger partial charge in [0.1, 0.15) is 23.2 Å². The van der Waals surface area contributed by atoms with Crippen molar-refractivity contribution in [1.82, 2.24) is 20.5 Å². The number of amides is 3. The zero-order valence-electron chi connectivity index (χ0n) is 26.9. The Kier molecular flexibility index (Phi) is 10.1. The molecule has 2 aromatic carbocycles. The lowest BCUT2D eigenvalue weighted by molar-refractivity contribution is -0.140. The van der Waals surface area contributed by atoms with Gasteiger partial charge < -0.3 is 24.7 Å². The number of ketones is 1. The van der Waals surface area contributed by atoms with Crippen LogP contribution in [0.5, 0.6) is 0 Å². The number of ether oxygens (including phenoxy) is 1. The van der Waals surface area contributed by atoms with Crippen LogP contribution in [0.15, 0.2) is 52.9 Å².